The number of hydrogen-bond acceptors (Lipinski definition) is 4. The van der Waals surface area contributed by atoms with Gasteiger partial charge < -0.3 is 20.1 Å². The van der Waals surface area contributed by atoms with Gasteiger partial charge in [0.05, 0.1) is 11.4 Å². The molecule has 2 N–H and O–H groups in total. The molecule has 1 aliphatic rings. The van der Waals surface area contributed by atoms with E-state index in [4.69, 9.17) is 15.2 Å². The maximum atomic E-state index is 6.12. The molecule has 0 aromatic heterocycles. The van der Waals surface area contributed by atoms with Crippen molar-refractivity contribution in [3.05, 3.63) is 12.1 Å². The molecule has 100 valence electrons. The Morgan fingerprint density at radius 3 is 2.33 bits per heavy atom. The number of nitrogens with two attached hydrogens (primary N) is 1. The molecule has 1 aromatic rings. The Kier molecular flexibility index (Phi) is 3.28. The van der Waals surface area contributed by atoms with Gasteiger partial charge in [-0.3, -0.25) is 0 Å². The second-order valence-corrected chi connectivity index (χ2v) is 5.28. The van der Waals surface area contributed by atoms with Crippen LogP contribution in [0.5, 0.6) is 11.5 Å². The third-order valence-corrected chi connectivity index (χ3v) is 3.83. The first-order valence-corrected chi connectivity index (χ1v) is 6.38. The Labute approximate surface area is 109 Å². The van der Waals surface area contributed by atoms with Crippen LogP contribution in [0.4, 0.5) is 11.4 Å². The predicted octanol–water partition coefficient (Wildman–Crippen LogP) is 2.66. The highest BCUT2D eigenvalue weighted by Crippen LogP contribution is 2.40. The molecule has 0 aliphatic carbocycles. The number of nitrogen functional groups attached to an aromatic ring is 1. The number of fused-ring (bicyclic) bond motifs is 1. The summed E-state index contributed by atoms with van der Waals surface area (Å²) in [6, 6.07) is 3.83. The lowest BCUT2D eigenvalue weighted by molar-refractivity contribution is 0.171. The molecule has 4 heteroatoms. The Morgan fingerprint density at radius 1 is 1.22 bits per heavy atom. The zero-order chi connectivity index (χ0) is 13.3. The van der Waals surface area contributed by atoms with Crippen molar-refractivity contribution in [2.24, 2.45) is 0 Å². The maximum Gasteiger partial charge on any atom is 0.163 e. The third-order valence-electron chi connectivity index (χ3n) is 3.83. The van der Waals surface area contributed by atoms with E-state index in [1.807, 2.05) is 12.1 Å². The molecule has 18 heavy (non-hydrogen) atoms. The summed E-state index contributed by atoms with van der Waals surface area (Å²) in [6.07, 6.45) is 1.04. The van der Waals surface area contributed by atoms with Crippen LogP contribution in [0.15, 0.2) is 12.1 Å². The highest BCUT2D eigenvalue weighted by atomic mass is 16.6. The monoisotopic (exact) mass is 250 g/mol. The van der Waals surface area contributed by atoms with Crippen LogP contribution in [0.3, 0.4) is 0 Å². The van der Waals surface area contributed by atoms with E-state index >= 15 is 0 Å². The molecule has 1 heterocycles. The molecule has 4 nitrogen and oxygen atoms in total. The van der Waals surface area contributed by atoms with Gasteiger partial charge in [0.1, 0.15) is 13.2 Å². The topological polar surface area (TPSA) is 47.7 Å². The van der Waals surface area contributed by atoms with E-state index in [1.165, 1.54) is 0 Å². The molecule has 0 atom stereocenters. The average molecular weight is 250 g/mol. The number of anilines is 2. The second kappa shape index (κ2) is 4.59. The van der Waals surface area contributed by atoms with Crippen LogP contribution in [0, 0.1) is 0 Å². The predicted molar refractivity (Wildman–Crippen MR) is 74.6 cm³/mol. The summed E-state index contributed by atoms with van der Waals surface area (Å²) < 4.78 is 11.1. The second-order valence-electron chi connectivity index (χ2n) is 5.28. The van der Waals surface area contributed by atoms with E-state index in [0.717, 1.165) is 29.3 Å². The van der Waals surface area contributed by atoms with E-state index in [0.29, 0.717) is 13.2 Å². The standard InChI is InChI=1S/C14H22N2O2/c1-5-14(2,3)16(4)11-9-13-12(8-10(11)15)17-6-7-18-13/h8-9H,5-7,15H2,1-4H3. The van der Waals surface area contributed by atoms with Crippen molar-refractivity contribution in [2.45, 2.75) is 32.7 Å². The molecular formula is C14H22N2O2. The van der Waals surface area contributed by atoms with Gasteiger partial charge in [0.25, 0.3) is 0 Å². The maximum absolute atomic E-state index is 6.12. The summed E-state index contributed by atoms with van der Waals surface area (Å²) >= 11 is 0. The lowest BCUT2D eigenvalue weighted by Gasteiger charge is -2.38. The van der Waals surface area contributed by atoms with Crippen LogP contribution < -0.4 is 20.1 Å². The van der Waals surface area contributed by atoms with Crippen molar-refractivity contribution in [2.75, 3.05) is 30.9 Å². The average Bonchev–Trinajstić information content (AvgIpc) is 2.37. The Balaban J connectivity index is 2.39. The molecule has 1 aromatic carbocycles. The first-order valence-electron chi connectivity index (χ1n) is 6.38. The van der Waals surface area contributed by atoms with Gasteiger partial charge in [0.2, 0.25) is 0 Å². The number of benzene rings is 1. The molecule has 0 bridgehead atoms. The van der Waals surface area contributed by atoms with Crippen LogP contribution in [0.25, 0.3) is 0 Å². The molecule has 1 aliphatic heterocycles. The van der Waals surface area contributed by atoms with Crippen LogP contribution in [-0.4, -0.2) is 25.8 Å². The van der Waals surface area contributed by atoms with Gasteiger partial charge in [-0.25, -0.2) is 0 Å². The summed E-state index contributed by atoms with van der Waals surface area (Å²) in [5.74, 6) is 1.52. The summed E-state index contributed by atoms with van der Waals surface area (Å²) in [5, 5.41) is 0. The smallest absolute Gasteiger partial charge is 0.163 e. The van der Waals surface area contributed by atoms with Gasteiger partial charge in [-0.15, -0.1) is 0 Å². The number of rotatable bonds is 3. The van der Waals surface area contributed by atoms with E-state index in [-0.39, 0.29) is 5.54 Å². The van der Waals surface area contributed by atoms with E-state index in [2.05, 4.69) is 32.7 Å². The molecule has 0 amide bonds. The lowest BCUT2D eigenvalue weighted by atomic mass is 9.98. The van der Waals surface area contributed by atoms with E-state index in [9.17, 15) is 0 Å². The molecule has 0 fully saturated rings. The molecule has 2 rings (SSSR count). The van der Waals surface area contributed by atoms with Crippen LogP contribution in [0.2, 0.25) is 0 Å². The number of ether oxygens (including phenoxy) is 2. The van der Waals surface area contributed by atoms with Crippen molar-refractivity contribution in [1.29, 1.82) is 0 Å². The number of hydrogen-bond donors (Lipinski definition) is 1. The van der Waals surface area contributed by atoms with E-state index in [1.54, 1.807) is 0 Å². The van der Waals surface area contributed by atoms with Crippen molar-refractivity contribution < 1.29 is 9.47 Å². The van der Waals surface area contributed by atoms with Crippen LogP contribution >= 0.6 is 0 Å². The summed E-state index contributed by atoms with van der Waals surface area (Å²) in [5.41, 5.74) is 7.89. The first kappa shape index (κ1) is 12.9. The summed E-state index contributed by atoms with van der Waals surface area (Å²) in [4.78, 5) is 2.20. The van der Waals surface area contributed by atoms with Gasteiger partial charge >= 0.3 is 0 Å². The zero-order valence-corrected chi connectivity index (χ0v) is 11.6. The molecule has 0 unspecified atom stereocenters. The highest BCUT2D eigenvalue weighted by molar-refractivity contribution is 5.73. The molecule has 0 saturated carbocycles. The van der Waals surface area contributed by atoms with Crippen molar-refractivity contribution >= 4 is 11.4 Å². The first-order chi connectivity index (χ1) is 8.45. The van der Waals surface area contributed by atoms with Crippen LogP contribution in [-0.2, 0) is 0 Å². The largest absolute Gasteiger partial charge is 0.486 e. The van der Waals surface area contributed by atoms with Gasteiger partial charge in [-0.2, -0.15) is 0 Å². The molecule has 0 radical (unpaired) electrons. The fraction of sp³-hybridized carbons (Fsp3) is 0.571. The van der Waals surface area contributed by atoms with Gasteiger partial charge in [0, 0.05) is 24.7 Å². The summed E-state index contributed by atoms with van der Waals surface area (Å²) in [7, 11) is 2.06. The van der Waals surface area contributed by atoms with Crippen molar-refractivity contribution in [3.8, 4) is 11.5 Å². The normalized spacial score (nSPS) is 14.4. The minimum absolute atomic E-state index is 0.0535. The van der Waals surface area contributed by atoms with Crippen molar-refractivity contribution in [3.63, 3.8) is 0 Å². The lowest BCUT2D eigenvalue weighted by Crippen LogP contribution is -2.41. The van der Waals surface area contributed by atoms with Crippen LogP contribution in [0.1, 0.15) is 27.2 Å². The molecule has 0 saturated heterocycles. The highest BCUT2D eigenvalue weighted by Gasteiger charge is 2.25. The van der Waals surface area contributed by atoms with Gasteiger partial charge in [-0.1, -0.05) is 6.92 Å². The fourth-order valence-corrected chi connectivity index (χ4v) is 1.95. The van der Waals surface area contributed by atoms with Crippen molar-refractivity contribution in [1.82, 2.24) is 0 Å². The minimum Gasteiger partial charge on any atom is -0.486 e. The Bertz CT molecular complexity index is 444. The molecule has 0 spiro atoms. The fourth-order valence-electron chi connectivity index (χ4n) is 1.95. The van der Waals surface area contributed by atoms with Gasteiger partial charge in [-0.05, 0) is 20.3 Å². The third kappa shape index (κ3) is 2.19. The van der Waals surface area contributed by atoms with Gasteiger partial charge in [0.15, 0.2) is 11.5 Å². The number of nitrogens with zero attached hydrogens (tertiary/aromatic N) is 1. The zero-order valence-electron chi connectivity index (χ0n) is 11.6. The van der Waals surface area contributed by atoms with E-state index < -0.39 is 0 Å². The molecular weight excluding hydrogens is 228 g/mol. The Hall–Kier alpha value is -1.58. The minimum atomic E-state index is 0.0535. The summed E-state index contributed by atoms with van der Waals surface area (Å²) in [6.45, 7) is 7.75. The Morgan fingerprint density at radius 2 is 1.78 bits per heavy atom. The quantitative estimate of drug-likeness (QED) is 0.838. The SMILES string of the molecule is CCC(C)(C)N(C)c1cc2c(cc1N)OCCO2.